The Balaban J connectivity index is 2.11. The van der Waals surface area contributed by atoms with Crippen LogP contribution in [0.15, 0.2) is 53.5 Å². The lowest BCUT2D eigenvalue weighted by atomic mass is 10.00. The maximum atomic E-state index is 12.2. The Morgan fingerprint density at radius 2 is 1.74 bits per heavy atom. The number of hydrogen-bond donors (Lipinski definition) is 2. The molecule has 7 heteroatoms. The van der Waals surface area contributed by atoms with Gasteiger partial charge in [0.05, 0.1) is 5.39 Å². The number of rotatable bonds is 2. The molecule has 0 atom stereocenters. The Bertz CT molecular complexity index is 914. The lowest BCUT2D eigenvalue weighted by molar-refractivity contribution is -0.274. The number of nitrogens with one attached hydrogen (secondary N) is 1. The summed E-state index contributed by atoms with van der Waals surface area (Å²) in [5.41, 5.74) is 0.662. The third-order valence-electron chi connectivity index (χ3n) is 3.30. The molecule has 0 radical (unpaired) electrons. The van der Waals surface area contributed by atoms with Gasteiger partial charge in [0.25, 0.3) is 5.56 Å². The predicted molar refractivity (Wildman–Crippen MR) is 78.4 cm³/mol. The topological polar surface area (TPSA) is 62.3 Å². The highest BCUT2D eigenvalue weighted by Crippen LogP contribution is 2.33. The first kappa shape index (κ1) is 15.0. The zero-order valence-corrected chi connectivity index (χ0v) is 11.5. The number of halogens is 3. The van der Waals surface area contributed by atoms with E-state index in [1.807, 2.05) is 0 Å². The third kappa shape index (κ3) is 2.98. The number of aromatic amines is 1. The summed E-state index contributed by atoms with van der Waals surface area (Å²) in [6.07, 6.45) is -3.35. The lowest BCUT2D eigenvalue weighted by Crippen LogP contribution is -2.16. The quantitative estimate of drug-likeness (QED) is 0.755. The van der Waals surface area contributed by atoms with Crippen molar-refractivity contribution in [1.82, 2.24) is 4.98 Å². The van der Waals surface area contributed by atoms with Gasteiger partial charge in [0, 0.05) is 17.1 Å². The first-order chi connectivity index (χ1) is 10.8. The highest BCUT2D eigenvalue weighted by molar-refractivity contribution is 5.99. The second-order valence-corrected chi connectivity index (χ2v) is 4.80. The van der Waals surface area contributed by atoms with Gasteiger partial charge in [-0.1, -0.05) is 18.2 Å². The van der Waals surface area contributed by atoms with Crippen LogP contribution in [0.25, 0.3) is 21.9 Å². The molecule has 0 aliphatic heterocycles. The minimum absolute atomic E-state index is 0.0841. The first-order valence-corrected chi connectivity index (χ1v) is 6.55. The molecular weight excluding hydrogens is 311 g/mol. The molecule has 23 heavy (non-hydrogen) atoms. The van der Waals surface area contributed by atoms with Crippen LogP contribution < -0.4 is 10.3 Å². The number of pyridine rings is 1. The molecule has 2 aromatic carbocycles. The third-order valence-corrected chi connectivity index (χ3v) is 3.30. The fourth-order valence-corrected chi connectivity index (χ4v) is 2.36. The molecule has 0 saturated heterocycles. The van der Waals surface area contributed by atoms with Crippen molar-refractivity contribution < 1.29 is 23.0 Å². The Morgan fingerprint density at radius 3 is 2.39 bits per heavy atom. The zero-order chi connectivity index (χ0) is 16.6. The Kier molecular flexibility index (Phi) is 3.48. The van der Waals surface area contributed by atoms with Crippen LogP contribution in [0.4, 0.5) is 13.2 Å². The number of aromatic hydroxyl groups is 1. The average molecular weight is 321 g/mol. The molecule has 0 fully saturated rings. The van der Waals surface area contributed by atoms with E-state index in [0.29, 0.717) is 16.5 Å². The van der Waals surface area contributed by atoms with Crippen LogP contribution in [0.3, 0.4) is 0 Å². The monoisotopic (exact) mass is 321 g/mol. The minimum Gasteiger partial charge on any atom is -0.507 e. The maximum absolute atomic E-state index is 12.2. The molecular formula is C16H10F3NO3. The van der Waals surface area contributed by atoms with E-state index in [1.54, 1.807) is 6.07 Å². The molecule has 2 N–H and O–H groups in total. The van der Waals surface area contributed by atoms with E-state index in [2.05, 4.69) is 9.72 Å². The Labute approximate surface area is 127 Å². The summed E-state index contributed by atoms with van der Waals surface area (Å²) in [4.78, 5) is 14.4. The number of phenolic OH excluding ortho intramolecular Hbond substituents is 1. The van der Waals surface area contributed by atoms with Gasteiger partial charge < -0.3 is 14.8 Å². The van der Waals surface area contributed by atoms with Crippen LogP contribution in [0, 0.1) is 0 Å². The first-order valence-electron chi connectivity index (χ1n) is 6.55. The van der Waals surface area contributed by atoms with Gasteiger partial charge in [0.2, 0.25) is 0 Å². The molecule has 118 valence electrons. The van der Waals surface area contributed by atoms with E-state index in [4.69, 9.17) is 0 Å². The fraction of sp³-hybridized carbons (Fsp3) is 0.0625. The smallest absolute Gasteiger partial charge is 0.507 e. The fourth-order valence-electron chi connectivity index (χ4n) is 2.36. The van der Waals surface area contributed by atoms with Crippen molar-refractivity contribution >= 4 is 10.8 Å². The summed E-state index contributed by atoms with van der Waals surface area (Å²) in [6.45, 7) is 0. The van der Waals surface area contributed by atoms with Crippen molar-refractivity contribution in [2.75, 3.05) is 0 Å². The summed E-state index contributed by atoms with van der Waals surface area (Å²) in [6, 6.07) is 9.70. The molecule has 1 heterocycles. The number of H-pyrrole nitrogens is 1. The van der Waals surface area contributed by atoms with E-state index in [0.717, 1.165) is 0 Å². The second kappa shape index (κ2) is 5.35. The lowest BCUT2D eigenvalue weighted by Gasteiger charge is -2.11. The normalized spacial score (nSPS) is 11.6. The van der Waals surface area contributed by atoms with Crippen LogP contribution in [0.5, 0.6) is 11.5 Å². The maximum Gasteiger partial charge on any atom is 0.573 e. The number of alkyl halides is 3. The van der Waals surface area contributed by atoms with Gasteiger partial charge in [-0.3, -0.25) is 4.79 Å². The molecule has 0 saturated carbocycles. The molecule has 0 amide bonds. The number of benzene rings is 2. The van der Waals surface area contributed by atoms with Gasteiger partial charge in [-0.25, -0.2) is 0 Å². The van der Waals surface area contributed by atoms with Gasteiger partial charge in [0.1, 0.15) is 11.5 Å². The number of hydrogen-bond acceptors (Lipinski definition) is 3. The molecule has 0 aliphatic rings. The van der Waals surface area contributed by atoms with Crippen LogP contribution in [-0.4, -0.2) is 16.5 Å². The molecule has 1 aromatic heterocycles. The van der Waals surface area contributed by atoms with Crippen LogP contribution in [-0.2, 0) is 0 Å². The molecule has 0 bridgehead atoms. The number of phenols is 1. The van der Waals surface area contributed by atoms with Crippen LogP contribution in [0.1, 0.15) is 0 Å². The second-order valence-electron chi connectivity index (χ2n) is 4.80. The van der Waals surface area contributed by atoms with Gasteiger partial charge >= 0.3 is 6.36 Å². The van der Waals surface area contributed by atoms with E-state index in [1.165, 1.54) is 42.6 Å². The standard InChI is InChI=1S/C16H10F3NO3/c17-16(18,19)23-10-6-4-9(5-7-10)12-8-20-15(22)11-2-1-3-13(21)14(11)12/h1-8,21H,(H,20,22). The van der Waals surface area contributed by atoms with Crippen molar-refractivity contribution in [3.05, 3.63) is 59.0 Å². The van der Waals surface area contributed by atoms with Gasteiger partial charge in [-0.2, -0.15) is 0 Å². The highest BCUT2D eigenvalue weighted by Gasteiger charge is 2.31. The van der Waals surface area contributed by atoms with Gasteiger partial charge in [-0.15, -0.1) is 13.2 Å². The molecule has 3 aromatic rings. The van der Waals surface area contributed by atoms with E-state index < -0.39 is 6.36 Å². The van der Waals surface area contributed by atoms with Gasteiger partial charge in [-0.05, 0) is 29.8 Å². The van der Waals surface area contributed by atoms with E-state index in [-0.39, 0.29) is 22.4 Å². The summed E-state index contributed by atoms with van der Waals surface area (Å²) in [5, 5.41) is 10.6. The summed E-state index contributed by atoms with van der Waals surface area (Å²) >= 11 is 0. The largest absolute Gasteiger partial charge is 0.573 e. The van der Waals surface area contributed by atoms with Crippen molar-refractivity contribution in [2.24, 2.45) is 0 Å². The average Bonchev–Trinajstić information content (AvgIpc) is 2.48. The van der Waals surface area contributed by atoms with Crippen molar-refractivity contribution in [3.8, 4) is 22.6 Å². The summed E-state index contributed by atoms with van der Waals surface area (Å²) < 4.78 is 40.3. The van der Waals surface area contributed by atoms with Crippen molar-refractivity contribution in [1.29, 1.82) is 0 Å². The molecule has 0 spiro atoms. The Hall–Kier alpha value is -2.96. The summed E-state index contributed by atoms with van der Waals surface area (Å²) in [7, 11) is 0. The Morgan fingerprint density at radius 1 is 1.04 bits per heavy atom. The van der Waals surface area contributed by atoms with Gasteiger partial charge in [0.15, 0.2) is 0 Å². The predicted octanol–water partition coefficient (Wildman–Crippen LogP) is 3.80. The minimum atomic E-state index is -4.76. The molecule has 3 rings (SSSR count). The van der Waals surface area contributed by atoms with Crippen molar-refractivity contribution in [2.45, 2.75) is 6.36 Å². The zero-order valence-electron chi connectivity index (χ0n) is 11.5. The molecule has 0 aliphatic carbocycles. The van der Waals surface area contributed by atoms with E-state index in [9.17, 15) is 23.1 Å². The number of ether oxygens (including phenoxy) is 1. The van der Waals surface area contributed by atoms with Crippen LogP contribution in [0.2, 0.25) is 0 Å². The van der Waals surface area contributed by atoms with Crippen LogP contribution >= 0.6 is 0 Å². The summed E-state index contributed by atoms with van der Waals surface area (Å²) in [5.74, 6) is -0.432. The van der Waals surface area contributed by atoms with E-state index >= 15 is 0 Å². The number of aromatic nitrogens is 1. The highest BCUT2D eigenvalue weighted by atomic mass is 19.4. The molecule has 0 unspecified atom stereocenters. The van der Waals surface area contributed by atoms with Crippen molar-refractivity contribution in [3.63, 3.8) is 0 Å². The molecule has 4 nitrogen and oxygen atoms in total. The SMILES string of the molecule is O=c1[nH]cc(-c2ccc(OC(F)(F)F)cc2)c2c(O)cccc12. The number of fused-ring (bicyclic) bond motifs is 1.